The molecule has 8 heteroatoms. The molecule has 0 aliphatic carbocycles. The van der Waals surface area contributed by atoms with Crippen molar-refractivity contribution in [2.45, 2.75) is 20.4 Å². The lowest BCUT2D eigenvalue weighted by Gasteiger charge is -2.04. The van der Waals surface area contributed by atoms with Gasteiger partial charge in [-0.1, -0.05) is 13.8 Å². The number of ether oxygens (including phenoxy) is 1. The van der Waals surface area contributed by atoms with E-state index in [1.54, 1.807) is 35.2 Å². The number of nitrogen functional groups attached to an aromatic ring is 1. The molecule has 3 rings (SSSR count). The molecule has 0 unspecified atom stereocenters. The predicted molar refractivity (Wildman–Crippen MR) is 89.3 cm³/mol. The van der Waals surface area contributed by atoms with Gasteiger partial charge in [-0.2, -0.15) is 10.2 Å². The van der Waals surface area contributed by atoms with Crippen molar-refractivity contribution in [3.8, 4) is 11.8 Å². The van der Waals surface area contributed by atoms with E-state index < -0.39 is 0 Å². The summed E-state index contributed by atoms with van der Waals surface area (Å²) in [5, 5.41) is 8.73. The highest BCUT2D eigenvalue weighted by Crippen LogP contribution is 2.11. The molecule has 0 aliphatic rings. The summed E-state index contributed by atoms with van der Waals surface area (Å²) in [5.41, 5.74) is 6.61. The number of hydrogen-bond donors (Lipinski definition) is 3. The van der Waals surface area contributed by atoms with Gasteiger partial charge < -0.3 is 10.5 Å². The van der Waals surface area contributed by atoms with Gasteiger partial charge in [0.25, 0.3) is 11.2 Å². The molecule has 0 bridgehead atoms. The van der Waals surface area contributed by atoms with Gasteiger partial charge in [0.15, 0.2) is 0 Å². The molecule has 0 aliphatic heterocycles. The minimum absolute atomic E-state index is 0.0698. The van der Waals surface area contributed by atoms with Gasteiger partial charge in [0.2, 0.25) is 12.3 Å². The molecule has 2 heterocycles. The van der Waals surface area contributed by atoms with Crippen LogP contribution in [0.4, 0.5) is 5.95 Å². The maximum atomic E-state index is 11.9. The summed E-state index contributed by atoms with van der Waals surface area (Å²) >= 11 is 0. The fourth-order valence-corrected chi connectivity index (χ4v) is 2.12. The van der Waals surface area contributed by atoms with Crippen molar-refractivity contribution < 1.29 is 9.30 Å². The predicted octanol–water partition coefficient (Wildman–Crippen LogP) is 1.10. The van der Waals surface area contributed by atoms with Crippen molar-refractivity contribution >= 4 is 17.1 Å². The number of H-pyrrole nitrogens is 2. The summed E-state index contributed by atoms with van der Waals surface area (Å²) in [6.07, 6.45) is 1.65. The van der Waals surface area contributed by atoms with Crippen LogP contribution in [0.2, 0.25) is 0 Å². The second-order valence-corrected chi connectivity index (χ2v) is 4.60. The number of anilines is 1. The summed E-state index contributed by atoms with van der Waals surface area (Å²) in [6, 6.07) is 8.88. The Kier molecular flexibility index (Phi) is 5.52. The average molecular weight is 327 g/mol. The van der Waals surface area contributed by atoms with Crippen molar-refractivity contribution in [1.82, 2.24) is 15.0 Å². The Morgan fingerprint density at radius 2 is 2.04 bits per heavy atom. The van der Waals surface area contributed by atoms with Crippen molar-refractivity contribution in [1.29, 1.82) is 5.26 Å². The Hall–Kier alpha value is -3.34. The lowest BCUT2D eigenvalue weighted by Crippen LogP contribution is -2.38. The summed E-state index contributed by atoms with van der Waals surface area (Å²) in [6.45, 7) is 4.84. The molecule has 0 saturated heterocycles. The van der Waals surface area contributed by atoms with E-state index in [-0.39, 0.29) is 11.5 Å². The first kappa shape index (κ1) is 17.0. The normalized spacial score (nSPS) is 9.88. The number of fused-ring (bicyclic) bond motifs is 1. The van der Waals surface area contributed by atoms with E-state index in [1.807, 2.05) is 19.9 Å². The number of hydrogen-bond acceptors (Lipinski definition) is 5. The molecule has 0 radical (unpaired) electrons. The van der Waals surface area contributed by atoms with Gasteiger partial charge in [-0.15, -0.1) is 0 Å². The fourth-order valence-electron chi connectivity index (χ4n) is 2.12. The molecule has 0 saturated carbocycles. The van der Waals surface area contributed by atoms with E-state index in [2.05, 4.69) is 15.0 Å². The molecule has 8 nitrogen and oxygen atoms in total. The van der Waals surface area contributed by atoms with Gasteiger partial charge in [0.05, 0.1) is 11.6 Å². The number of benzene rings is 1. The molecule has 124 valence electrons. The maximum absolute atomic E-state index is 11.9. The molecule has 3 aromatic rings. The van der Waals surface area contributed by atoms with Crippen LogP contribution in [0.5, 0.6) is 5.75 Å². The third kappa shape index (κ3) is 3.70. The molecular weight excluding hydrogens is 308 g/mol. The van der Waals surface area contributed by atoms with E-state index in [1.165, 1.54) is 0 Å². The van der Waals surface area contributed by atoms with Gasteiger partial charge in [0, 0.05) is 0 Å². The zero-order valence-electron chi connectivity index (χ0n) is 13.5. The van der Waals surface area contributed by atoms with E-state index in [0.717, 1.165) is 0 Å². The van der Waals surface area contributed by atoms with Crippen LogP contribution >= 0.6 is 0 Å². The van der Waals surface area contributed by atoms with Gasteiger partial charge in [-0.05, 0) is 24.3 Å². The van der Waals surface area contributed by atoms with Crippen LogP contribution in [0.3, 0.4) is 0 Å². The number of nitrogens with one attached hydrogen (secondary N) is 2. The number of nitrogens with two attached hydrogens (primary N) is 1. The third-order valence-corrected chi connectivity index (χ3v) is 3.14. The Bertz CT molecular complexity index is 905. The topological polar surface area (TPSA) is 124 Å². The van der Waals surface area contributed by atoms with Crippen LogP contribution in [-0.4, -0.2) is 21.6 Å². The van der Waals surface area contributed by atoms with Crippen molar-refractivity contribution in [2.75, 3.05) is 12.3 Å². The molecule has 24 heavy (non-hydrogen) atoms. The van der Waals surface area contributed by atoms with E-state index >= 15 is 0 Å². The lowest BCUT2D eigenvalue weighted by atomic mass is 10.2. The minimum atomic E-state index is -0.304. The zero-order chi connectivity index (χ0) is 17.5. The summed E-state index contributed by atoms with van der Waals surface area (Å²) < 4.78 is 7.30. The van der Waals surface area contributed by atoms with E-state index in [9.17, 15) is 4.79 Å². The monoisotopic (exact) mass is 327 g/mol. The number of imidazole rings is 1. The highest BCUT2D eigenvalue weighted by molar-refractivity contribution is 5.65. The second kappa shape index (κ2) is 7.78. The molecule has 2 aromatic heterocycles. The number of nitriles is 1. The van der Waals surface area contributed by atoms with Crippen molar-refractivity contribution in [3.63, 3.8) is 0 Å². The highest BCUT2D eigenvalue weighted by Gasteiger charge is 2.15. The standard InChI is InChI=1S/C14H12N6O2.C2H6/c15-7-9-1-3-10(4-2-9)22-6-5-20-8-17-12-11(20)13(21)19-14(16)18-12;1-2/h1-4,8H,5-6H2,(H3,16,18,19,21);1-2H3/p+1. The van der Waals surface area contributed by atoms with Gasteiger partial charge >= 0.3 is 5.56 Å². The van der Waals surface area contributed by atoms with E-state index in [0.29, 0.717) is 35.6 Å². The SMILES string of the molecule is CC.N#Cc1ccc(OCC[n+]2c[nH]c3nc(N)[nH]c(=O)c32)cc1. The van der Waals surface area contributed by atoms with Crippen LogP contribution < -0.4 is 20.6 Å². The molecule has 0 amide bonds. The van der Waals surface area contributed by atoms with Gasteiger partial charge in [0.1, 0.15) is 18.9 Å². The molecule has 0 spiro atoms. The first-order valence-electron chi connectivity index (χ1n) is 7.56. The first-order chi connectivity index (χ1) is 11.7. The molecule has 4 N–H and O–H groups in total. The number of aromatic nitrogens is 4. The van der Waals surface area contributed by atoms with E-state index in [4.69, 9.17) is 15.7 Å². The lowest BCUT2D eigenvalue weighted by molar-refractivity contribution is -0.672. The molecular formula is C16H19N6O2+. The zero-order valence-corrected chi connectivity index (χ0v) is 13.5. The van der Waals surface area contributed by atoms with Gasteiger partial charge in [-0.25, -0.2) is 9.55 Å². The second-order valence-electron chi connectivity index (χ2n) is 4.60. The summed E-state index contributed by atoms with van der Waals surface area (Å²) in [7, 11) is 0. The van der Waals surface area contributed by atoms with Gasteiger partial charge in [-0.3, -0.25) is 9.78 Å². The van der Waals surface area contributed by atoms with Crippen LogP contribution in [0.25, 0.3) is 11.2 Å². The van der Waals surface area contributed by atoms with Crippen LogP contribution in [0.1, 0.15) is 19.4 Å². The maximum Gasteiger partial charge on any atom is 0.304 e. The first-order valence-corrected chi connectivity index (χ1v) is 7.56. The van der Waals surface area contributed by atoms with Crippen molar-refractivity contribution in [2.24, 2.45) is 0 Å². The summed E-state index contributed by atoms with van der Waals surface area (Å²) in [4.78, 5) is 21.3. The quantitative estimate of drug-likeness (QED) is 0.619. The Morgan fingerprint density at radius 1 is 1.33 bits per heavy atom. The molecule has 0 fully saturated rings. The number of rotatable bonds is 4. The average Bonchev–Trinajstić information content (AvgIpc) is 3.00. The molecule has 1 aromatic carbocycles. The Balaban J connectivity index is 0.00000100. The van der Waals surface area contributed by atoms with Crippen molar-refractivity contribution in [3.05, 3.63) is 46.5 Å². The van der Waals surface area contributed by atoms with Crippen LogP contribution in [0, 0.1) is 11.3 Å². The largest absolute Gasteiger partial charge is 0.489 e. The minimum Gasteiger partial charge on any atom is -0.489 e. The number of aromatic amines is 2. The third-order valence-electron chi connectivity index (χ3n) is 3.14. The smallest absolute Gasteiger partial charge is 0.304 e. The Labute approximate surface area is 138 Å². The highest BCUT2D eigenvalue weighted by atomic mass is 16.5. The number of nitrogens with zero attached hydrogens (tertiary/aromatic N) is 3. The molecule has 0 atom stereocenters. The Morgan fingerprint density at radius 3 is 2.71 bits per heavy atom. The fraction of sp³-hybridized carbons (Fsp3) is 0.250. The summed E-state index contributed by atoms with van der Waals surface area (Å²) in [5.74, 6) is 0.732. The van der Waals surface area contributed by atoms with Crippen LogP contribution in [0.15, 0.2) is 35.4 Å². The van der Waals surface area contributed by atoms with Crippen LogP contribution in [-0.2, 0) is 6.54 Å².